The van der Waals surface area contributed by atoms with Crippen molar-refractivity contribution >= 4 is 5.97 Å². The van der Waals surface area contributed by atoms with Crippen LogP contribution in [0.4, 0.5) is 0 Å². The predicted octanol–water partition coefficient (Wildman–Crippen LogP) is 0.729. The monoisotopic (exact) mass is 144 g/mol. The molecule has 1 unspecified atom stereocenters. The summed E-state index contributed by atoms with van der Waals surface area (Å²) in [6.07, 6.45) is 1.23. The van der Waals surface area contributed by atoms with E-state index in [1.165, 1.54) is 0 Å². The molecule has 0 aromatic heterocycles. The zero-order valence-electron chi connectivity index (χ0n) is 6.35. The van der Waals surface area contributed by atoms with Crippen LogP contribution >= 0.6 is 0 Å². The molecular formula is C7H12O3. The summed E-state index contributed by atoms with van der Waals surface area (Å²) in [7, 11) is 1.62. The number of carbonyl (C=O) groups excluding carboxylic acids is 1. The van der Waals surface area contributed by atoms with Crippen molar-refractivity contribution in [2.24, 2.45) is 0 Å². The SMILES string of the molecule is CCC1(OC)COC(=O)C1. The third-order valence-corrected chi connectivity index (χ3v) is 2.04. The van der Waals surface area contributed by atoms with Gasteiger partial charge in [-0.15, -0.1) is 0 Å². The van der Waals surface area contributed by atoms with Gasteiger partial charge in [0.15, 0.2) is 0 Å². The van der Waals surface area contributed by atoms with Gasteiger partial charge >= 0.3 is 5.97 Å². The van der Waals surface area contributed by atoms with Gasteiger partial charge in [-0.3, -0.25) is 4.79 Å². The summed E-state index contributed by atoms with van der Waals surface area (Å²) in [4.78, 5) is 10.7. The Morgan fingerprint density at radius 1 is 1.80 bits per heavy atom. The number of esters is 1. The van der Waals surface area contributed by atoms with E-state index < -0.39 is 0 Å². The molecule has 3 heteroatoms. The van der Waals surface area contributed by atoms with Gasteiger partial charge in [0.2, 0.25) is 0 Å². The molecule has 0 saturated carbocycles. The van der Waals surface area contributed by atoms with Gasteiger partial charge in [-0.25, -0.2) is 0 Å². The number of rotatable bonds is 2. The molecule has 0 aliphatic carbocycles. The minimum absolute atomic E-state index is 0.149. The third-order valence-electron chi connectivity index (χ3n) is 2.04. The highest BCUT2D eigenvalue weighted by molar-refractivity contribution is 5.73. The molecule has 1 saturated heterocycles. The van der Waals surface area contributed by atoms with Crippen molar-refractivity contribution in [2.75, 3.05) is 13.7 Å². The highest BCUT2D eigenvalue weighted by Crippen LogP contribution is 2.26. The fourth-order valence-electron chi connectivity index (χ4n) is 1.08. The Labute approximate surface area is 60.3 Å². The topological polar surface area (TPSA) is 35.5 Å². The summed E-state index contributed by atoms with van der Waals surface area (Å²) >= 11 is 0. The Balaban J connectivity index is 2.59. The van der Waals surface area contributed by atoms with Crippen LogP contribution in [0, 0.1) is 0 Å². The number of ether oxygens (including phenoxy) is 2. The molecule has 0 radical (unpaired) electrons. The van der Waals surface area contributed by atoms with Gasteiger partial charge in [-0.2, -0.15) is 0 Å². The van der Waals surface area contributed by atoms with Crippen LogP contribution in [0.2, 0.25) is 0 Å². The van der Waals surface area contributed by atoms with E-state index in [1.807, 2.05) is 6.92 Å². The normalized spacial score (nSPS) is 32.4. The van der Waals surface area contributed by atoms with Gasteiger partial charge in [0.25, 0.3) is 0 Å². The second-order valence-electron chi connectivity index (χ2n) is 2.58. The minimum Gasteiger partial charge on any atom is -0.463 e. The van der Waals surface area contributed by atoms with Gasteiger partial charge in [0, 0.05) is 7.11 Å². The number of methoxy groups -OCH3 is 1. The van der Waals surface area contributed by atoms with E-state index in [1.54, 1.807) is 7.11 Å². The molecule has 3 nitrogen and oxygen atoms in total. The minimum atomic E-state index is -0.322. The first-order chi connectivity index (χ1) is 4.72. The Morgan fingerprint density at radius 3 is 2.70 bits per heavy atom. The molecule has 0 amide bonds. The molecule has 1 rings (SSSR count). The van der Waals surface area contributed by atoms with Crippen LogP contribution in [-0.4, -0.2) is 25.3 Å². The van der Waals surface area contributed by atoms with Crippen molar-refractivity contribution in [1.29, 1.82) is 0 Å². The summed E-state index contributed by atoms with van der Waals surface area (Å²) in [5.41, 5.74) is -0.322. The maximum atomic E-state index is 10.7. The van der Waals surface area contributed by atoms with Crippen LogP contribution in [0.15, 0.2) is 0 Å². The molecule has 0 aromatic carbocycles. The standard InChI is InChI=1S/C7H12O3/c1-3-7(9-2)4-6(8)10-5-7/h3-5H2,1-2H3. The molecular weight excluding hydrogens is 132 g/mol. The highest BCUT2D eigenvalue weighted by atomic mass is 16.6. The van der Waals surface area contributed by atoms with Gasteiger partial charge in [-0.05, 0) is 6.42 Å². The van der Waals surface area contributed by atoms with Crippen LogP contribution in [-0.2, 0) is 14.3 Å². The second-order valence-corrected chi connectivity index (χ2v) is 2.58. The van der Waals surface area contributed by atoms with E-state index in [0.29, 0.717) is 13.0 Å². The maximum Gasteiger partial charge on any atom is 0.308 e. The van der Waals surface area contributed by atoms with Gasteiger partial charge in [0.05, 0.1) is 6.42 Å². The average Bonchev–Trinajstić information content (AvgIpc) is 2.33. The Hall–Kier alpha value is -0.570. The van der Waals surface area contributed by atoms with Crippen LogP contribution < -0.4 is 0 Å². The molecule has 1 aliphatic heterocycles. The van der Waals surface area contributed by atoms with Crippen LogP contribution in [0.25, 0.3) is 0 Å². The predicted molar refractivity (Wildman–Crippen MR) is 35.6 cm³/mol. The molecule has 0 N–H and O–H groups in total. The summed E-state index contributed by atoms with van der Waals surface area (Å²) in [6, 6.07) is 0. The Kier molecular flexibility index (Phi) is 1.94. The van der Waals surface area contributed by atoms with E-state index >= 15 is 0 Å². The molecule has 0 aromatic rings. The third kappa shape index (κ3) is 1.14. The zero-order chi connectivity index (χ0) is 7.61. The smallest absolute Gasteiger partial charge is 0.308 e. The number of carbonyl (C=O) groups is 1. The first-order valence-corrected chi connectivity index (χ1v) is 3.43. The molecule has 10 heavy (non-hydrogen) atoms. The molecule has 58 valence electrons. The summed E-state index contributed by atoms with van der Waals surface area (Å²) in [5, 5.41) is 0. The molecule has 1 aliphatic rings. The highest BCUT2D eigenvalue weighted by Gasteiger charge is 2.38. The lowest BCUT2D eigenvalue weighted by Crippen LogP contribution is -2.30. The number of hydrogen-bond donors (Lipinski definition) is 0. The van der Waals surface area contributed by atoms with Crippen molar-refractivity contribution in [3.63, 3.8) is 0 Å². The van der Waals surface area contributed by atoms with E-state index in [9.17, 15) is 4.79 Å². The summed E-state index contributed by atoms with van der Waals surface area (Å²) in [5.74, 6) is -0.149. The molecule has 1 fully saturated rings. The van der Waals surface area contributed by atoms with Crippen molar-refractivity contribution < 1.29 is 14.3 Å². The summed E-state index contributed by atoms with van der Waals surface area (Å²) < 4.78 is 9.96. The lowest BCUT2D eigenvalue weighted by Gasteiger charge is -2.21. The van der Waals surface area contributed by atoms with Crippen molar-refractivity contribution in [3.8, 4) is 0 Å². The van der Waals surface area contributed by atoms with Crippen molar-refractivity contribution in [2.45, 2.75) is 25.4 Å². The largest absolute Gasteiger partial charge is 0.463 e. The summed E-state index contributed by atoms with van der Waals surface area (Å²) in [6.45, 7) is 2.41. The van der Waals surface area contributed by atoms with Gasteiger partial charge in [-0.1, -0.05) is 6.92 Å². The average molecular weight is 144 g/mol. The fraction of sp³-hybridized carbons (Fsp3) is 0.857. The fourth-order valence-corrected chi connectivity index (χ4v) is 1.08. The maximum absolute atomic E-state index is 10.7. The first kappa shape index (κ1) is 7.54. The zero-order valence-corrected chi connectivity index (χ0v) is 6.35. The van der Waals surface area contributed by atoms with Crippen molar-refractivity contribution in [3.05, 3.63) is 0 Å². The first-order valence-electron chi connectivity index (χ1n) is 3.43. The van der Waals surface area contributed by atoms with E-state index in [4.69, 9.17) is 9.47 Å². The molecule has 0 bridgehead atoms. The van der Waals surface area contributed by atoms with E-state index in [-0.39, 0.29) is 11.6 Å². The molecule has 0 spiro atoms. The Morgan fingerprint density at radius 2 is 2.50 bits per heavy atom. The number of hydrogen-bond acceptors (Lipinski definition) is 3. The lowest BCUT2D eigenvalue weighted by atomic mass is 10.00. The van der Waals surface area contributed by atoms with E-state index in [0.717, 1.165) is 6.42 Å². The van der Waals surface area contributed by atoms with Crippen LogP contribution in [0.3, 0.4) is 0 Å². The van der Waals surface area contributed by atoms with Gasteiger partial charge in [0.1, 0.15) is 12.2 Å². The van der Waals surface area contributed by atoms with E-state index in [2.05, 4.69) is 0 Å². The second kappa shape index (κ2) is 2.58. The quantitative estimate of drug-likeness (QED) is 0.536. The van der Waals surface area contributed by atoms with Crippen LogP contribution in [0.1, 0.15) is 19.8 Å². The van der Waals surface area contributed by atoms with Gasteiger partial charge < -0.3 is 9.47 Å². The molecule has 1 heterocycles. The molecule has 1 atom stereocenters. The lowest BCUT2D eigenvalue weighted by molar-refractivity contribution is -0.137. The van der Waals surface area contributed by atoms with Crippen molar-refractivity contribution in [1.82, 2.24) is 0 Å². The van der Waals surface area contributed by atoms with Crippen LogP contribution in [0.5, 0.6) is 0 Å². The Bertz CT molecular complexity index is 138. The number of cyclic esters (lactones) is 1.